The molecule has 16 nitrogen and oxygen atoms in total. The Morgan fingerprint density at radius 1 is 0.831 bits per heavy atom. The van der Waals surface area contributed by atoms with E-state index in [9.17, 15) is 19.2 Å². The number of aromatic nitrogens is 2. The van der Waals surface area contributed by atoms with Gasteiger partial charge in [0.2, 0.25) is 5.91 Å². The number of carbonyl (C=O) groups excluding carboxylic acids is 3. The van der Waals surface area contributed by atoms with Crippen LogP contribution < -0.4 is 21.3 Å². The van der Waals surface area contributed by atoms with Crippen molar-refractivity contribution in [3.63, 3.8) is 0 Å². The molecule has 2 aromatic rings. The van der Waals surface area contributed by atoms with Crippen LogP contribution in [0.2, 0.25) is 0 Å². The normalized spacial score (nSPS) is 8.93. The molecule has 0 aliphatic rings. The Balaban J connectivity index is -0.0000000897. The number of thiazole rings is 2. The summed E-state index contributed by atoms with van der Waals surface area (Å²) in [5.41, 5.74) is 1.06. The van der Waals surface area contributed by atoms with Crippen molar-refractivity contribution in [2.75, 3.05) is 54.4 Å². The van der Waals surface area contributed by atoms with Gasteiger partial charge in [0.15, 0.2) is 7.05 Å². The predicted molar refractivity (Wildman–Crippen MR) is 246 cm³/mol. The summed E-state index contributed by atoms with van der Waals surface area (Å²) in [6, 6.07) is -0.115. The van der Waals surface area contributed by atoms with Crippen molar-refractivity contribution in [1.82, 2.24) is 41.0 Å². The number of nitrogens with zero attached hydrogens (tertiary/aromatic N) is 5. The number of rotatable bonds is 13. The number of nitro groups is 1. The average molecular weight is 954 g/mol. The first-order valence-electron chi connectivity index (χ1n) is 19.7. The second-order valence-corrected chi connectivity index (χ2v) is 12.9. The third kappa shape index (κ3) is 59.3. The second kappa shape index (κ2) is 57.0. The maximum atomic E-state index is 11.3. The summed E-state index contributed by atoms with van der Waals surface area (Å²) < 4.78 is 0. The van der Waals surface area contributed by atoms with Crippen molar-refractivity contribution in [2.24, 2.45) is 11.8 Å². The fourth-order valence-electron chi connectivity index (χ4n) is 3.25. The number of amides is 5. The molecule has 345 valence electrons. The standard InChI is InChI=1S/C10H18O2.2C8H13N3OS.C4H9NO.C3H9N.2C2H6.C2H5.CH3NO2.Y/c1-5-9(6-10(11)12)8(4)7(2)3;2*1-3-9-8(12)11(2)6-7-10-4-5-13-7;1-3-5-4(2)6;1-3-4-2;3*1-2;1-2(3)4;/h7,9H,4-6H2,1-3H3,(H,11,12);2*4-5H,3,6H2,1-2H3,(H,9,12);3H2,1-2H3,(H,5,6);4H,3H2,1-2H3;2*1-2H3;1H2,2H3;1H3;/q;;;;;;;-1;;. The van der Waals surface area contributed by atoms with Gasteiger partial charge < -0.3 is 43.1 Å². The maximum absolute atomic E-state index is 11.3. The van der Waals surface area contributed by atoms with Gasteiger partial charge in [0.05, 0.1) is 19.5 Å². The van der Waals surface area contributed by atoms with Gasteiger partial charge in [-0.1, -0.05) is 67.5 Å². The van der Waals surface area contributed by atoms with Crippen LogP contribution in [0.4, 0.5) is 9.59 Å². The van der Waals surface area contributed by atoms with Gasteiger partial charge in [-0.15, -0.1) is 22.7 Å². The maximum Gasteiger partial charge on any atom is 0.317 e. The molecule has 0 aliphatic carbocycles. The van der Waals surface area contributed by atoms with Crippen LogP contribution in [0.5, 0.6) is 0 Å². The largest absolute Gasteiger partial charge is 0.481 e. The second-order valence-electron chi connectivity index (χ2n) is 10.9. The minimum atomic E-state index is -0.733. The average Bonchev–Trinajstić information content (AvgIpc) is 3.91. The number of urea groups is 2. The smallest absolute Gasteiger partial charge is 0.317 e. The number of nitrogens with one attached hydrogen (secondary N) is 4. The van der Waals surface area contributed by atoms with Crippen molar-refractivity contribution in [2.45, 2.75) is 116 Å². The van der Waals surface area contributed by atoms with E-state index in [0.29, 0.717) is 32.1 Å². The van der Waals surface area contributed by atoms with E-state index in [1.54, 1.807) is 65.9 Å². The summed E-state index contributed by atoms with van der Waals surface area (Å²) >= 11 is 3.11. The van der Waals surface area contributed by atoms with Crippen molar-refractivity contribution in [3.05, 3.63) is 62.4 Å². The minimum Gasteiger partial charge on any atom is -0.481 e. The van der Waals surface area contributed by atoms with Crippen LogP contribution in [0.1, 0.15) is 113 Å². The monoisotopic (exact) mass is 953 g/mol. The SMILES string of the molecule is C=C(C(C)C)C(CC)CC(=O)O.CC.CC.CCNC.CCNC(=O)N(C)Cc1nccs1.CCNC(=O)N(C)Cc1nccs1.CCNC(C)=O.C[N+](=O)[O-].[CH2-]C.[Y]. The number of aliphatic carboxylic acids is 1. The minimum absolute atomic E-state index is 0. The van der Waals surface area contributed by atoms with Crippen LogP contribution in [-0.4, -0.2) is 108 Å². The summed E-state index contributed by atoms with van der Waals surface area (Å²) in [5, 5.41) is 34.1. The molecule has 0 aromatic carbocycles. The van der Waals surface area contributed by atoms with Gasteiger partial charge >= 0.3 is 18.0 Å². The number of carboxylic acids is 1. The van der Waals surface area contributed by atoms with Crippen molar-refractivity contribution >= 4 is 46.6 Å². The Kier molecular flexibility index (Phi) is 71.0. The van der Waals surface area contributed by atoms with E-state index in [4.69, 9.17) is 15.2 Å². The molecule has 0 bridgehead atoms. The molecule has 2 rings (SSSR count). The van der Waals surface area contributed by atoms with Gasteiger partial charge in [-0.05, 0) is 52.6 Å². The van der Waals surface area contributed by atoms with E-state index in [2.05, 4.69) is 51.7 Å². The van der Waals surface area contributed by atoms with Crippen LogP contribution in [0.3, 0.4) is 0 Å². The number of carbonyl (C=O) groups is 4. The molecule has 2 aromatic heterocycles. The van der Waals surface area contributed by atoms with Gasteiger partial charge in [0, 0.05) is 101 Å². The van der Waals surface area contributed by atoms with Crippen LogP contribution in [0.25, 0.3) is 0 Å². The zero-order valence-electron chi connectivity index (χ0n) is 39.6. The summed E-state index contributed by atoms with van der Waals surface area (Å²) in [5.74, 6) is -0.169. The summed E-state index contributed by atoms with van der Waals surface area (Å²) in [6.07, 6.45) is 4.56. The third-order valence-corrected chi connectivity index (χ3v) is 7.55. The van der Waals surface area contributed by atoms with Crippen LogP contribution in [0.15, 0.2) is 35.3 Å². The van der Waals surface area contributed by atoms with Crippen LogP contribution in [0, 0.1) is 28.9 Å². The van der Waals surface area contributed by atoms with Crippen molar-refractivity contribution in [3.8, 4) is 0 Å². The molecule has 2 heterocycles. The molecule has 5 N–H and O–H groups in total. The van der Waals surface area contributed by atoms with Gasteiger partial charge in [-0.25, -0.2) is 19.6 Å². The number of carboxylic acid groups (broad SMARTS) is 1. The molecule has 1 atom stereocenters. The Hall–Kier alpha value is -3.06. The van der Waals surface area contributed by atoms with Gasteiger partial charge in [0.25, 0.3) is 0 Å². The fourth-order valence-corrected chi connectivity index (χ4v) is 4.59. The van der Waals surface area contributed by atoms with E-state index in [1.807, 2.05) is 87.0 Å². The molecular weight excluding hydrogens is 872 g/mol. The first-order valence-corrected chi connectivity index (χ1v) is 21.5. The predicted octanol–water partition coefficient (Wildman–Crippen LogP) is 8.46. The first-order chi connectivity index (χ1) is 27.4. The van der Waals surface area contributed by atoms with E-state index in [0.717, 1.165) is 42.1 Å². The zero-order valence-corrected chi connectivity index (χ0v) is 44.0. The third-order valence-electron chi connectivity index (χ3n) is 6.02. The Morgan fingerprint density at radius 2 is 1.15 bits per heavy atom. The quantitative estimate of drug-likeness (QED) is 0.0559. The van der Waals surface area contributed by atoms with Crippen molar-refractivity contribution < 1.29 is 61.9 Å². The molecule has 1 radical (unpaired) electrons. The van der Waals surface area contributed by atoms with Crippen LogP contribution >= 0.6 is 22.7 Å². The number of hydrogen-bond acceptors (Lipinski definition) is 11. The zero-order chi connectivity index (χ0) is 47.1. The topological polar surface area (TPSA) is 212 Å². The Labute approximate surface area is 391 Å². The molecule has 0 aliphatic heterocycles. The van der Waals surface area contributed by atoms with E-state index >= 15 is 0 Å². The molecule has 0 saturated carbocycles. The van der Waals surface area contributed by atoms with E-state index in [-0.39, 0.29) is 63.0 Å². The summed E-state index contributed by atoms with van der Waals surface area (Å²) in [4.78, 5) is 62.6. The molecule has 0 saturated heterocycles. The first kappa shape index (κ1) is 73.5. The molecule has 1 unspecified atom stereocenters. The molecular formula is C40H82N9O7S2Y-. The number of allylic oxidation sites excluding steroid dienone is 1. The molecule has 5 amide bonds. The summed E-state index contributed by atoms with van der Waals surface area (Å²) in [6.45, 7) is 36.5. The Bertz CT molecular complexity index is 1150. The van der Waals surface area contributed by atoms with E-state index < -0.39 is 10.9 Å². The molecule has 19 heteroatoms. The van der Waals surface area contributed by atoms with Gasteiger partial charge in [-0.3, -0.25) is 19.7 Å². The Morgan fingerprint density at radius 3 is 1.32 bits per heavy atom. The van der Waals surface area contributed by atoms with Gasteiger partial charge in [0.1, 0.15) is 10.0 Å². The molecule has 59 heavy (non-hydrogen) atoms. The molecule has 0 fully saturated rings. The molecule has 0 spiro atoms. The number of hydrogen-bond donors (Lipinski definition) is 5. The van der Waals surface area contributed by atoms with Crippen molar-refractivity contribution in [1.29, 1.82) is 0 Å². The fraction of sp³-hybridized carbons (Fsp3) is 0.675. The van der Waals surface area contributed by atoms with E-state index in [1.165, 1.54) is 6.92 Å². The summed E-state index contributed by atoms with van der Waals surface area (Å²) in [7, 11) is 6.33. The van der Waals surface area contributed by atoms with Gasteiger partial charge in [-0.2, -0.15) is 6.92 Å². The van der Waals surface area contributed by atoms with Crippen LogP contribution in [-0.2, 0) is 55.4 Å².